The van der Waals surface area contributed by atoms with Gasteiger partial charge in [0.2, 0.25) is 5.91 Å². The van der Waals surface area contributed by atoms with Crippen LogP contribution in [0.15, 0.2) is 47.1 Å². The number of carbonyl (C=O) groups excluding carboxylic acids is 1. The second-order valence-electron chi connectivity index (χ2n) is 5.72. The number of aromatic carboxylic acids is 1. The number of furan rings is 1. The Kier molecular flexibility index (Phi) is 4.96. The van der Waals surface area contributed by atoms with Gasteiger partial charge < -0.3 is 19.2 Å². The van der Waals surface area contributed by atoms with Gasteiger partial charge >= 0.3 is 5.97 Å². The van der Waals surface area contributed by atoms with Crippen molar-refractivity contribution in [3.05, 3.63) is 59.5 Å². The smallest absolute Gasteiger partial charge is 0.335 e. The summed E-state index contributed by atoms with van der Waals surface area (Å²) in [5.41, 5.74) is 1.20. The molecular formula is C18H19NO5. The van der Waals surface area contributed by atoms with Crippen molar-refractivity contribution in [1.29, 1.82) is 0 Å². The number of morpholine rings is 1. The maximum atomic E-state index is 12.4. The number of carboxylic acids is 1. The molecule has 1 amide bonds. The number of hydrogen-bond acceptors (Lipinski definition) is 4. The number of nitrogens with zero attached hydrogens (tertiary/aromatic N) is 1. The van der Waals surface area contributed by atoms with Gasteiger partial charge in [-0.3, -0.25) is 4.79 Å². The van der Waals surface area contributed by atoms with Crippen LogP contribution >= 0.6 is 0 Å². The van der Waals surface area contributed by atoms with Gasteiger partial charge in [-0.2, -0.15) is 0 Å². The fourth-order valence-corrected chi connectivity index (χ4v) is 2.75. The molecule has 1 atom stereocenters. The van der Waals surface area contributed by atoms with Gasteiger partial charge in [0.25, 0.3) is 0 Å². The molecule has 24 heavy (non-hydrogen) atoms. The molecule has 1 aliphatic rings. The van der Waals surface area contributed by atoms with Gasteiger partial charge in [-0.15, -0.1) is 0 Å². The maximum Gasteiger partial charge on any atom is 0.335 e. The summed E-state index contributed by atoms with van der Waals surface area (Å²) in [5.74, 6) is -0.149. The van der Waals surface area contributed by atoms with Crippen molar-refractivity contribution in [3.8, 4) is 0 Å². The maximum absolute atomic E-state index is 12.4. The lowest BCUT2D eigenvalue weighted by molar-refractivity contribution is -0.139. The third-order valence-electron chi connectivity index (χ3n) is 4.11. The zero-order valence-electron chi connectivity index (χ0n) is 13.2. The van der Waals surface area contributed by atoms with Gasteiger partial charge in [-0.1, -0.05) is 12.1 Å². The Balaban J connectivity index is 1.53. The molecule has 1 unspecified atom stereocenters. The van der Waals surface area contributed by atoms with E-state index in [4.69, 9.17) is 14.3 Å². The SMILES string of the molecule is O=C(O)c1ccc(CCC(=O)N2CCOC(c3ccco3)C2)cc1. The number of aryl methyl sites for hydroxylation is 1. The lowest BCUT2D eigenvalue weighted by atomic mass is 10.1. The molecular weight excluding hydrogens is 310 g/mol. The summed E-state index contributed by atoms with van der Waals surface area (Å²) >= 11 is 0. The average molecular weight is 329 g/mol. The van der Waals surface area contributed by atoms with Crippen molar-refractivity contribution in [2.24, 2.45) is 0 Å². The summed E-state index contributed by atoms with van der Waals surface area (Å²) in [7, 11) is 0. The predicted molar refractivity (Wildman–Crippen MR) is 85.7 cm³/mol. The molecule has 1 N–H and O–H groups in total. The molecule has 0 bridgehead atoms. The van der Waals surface area contributed by atoms with Crippen molar-refractivity contribution in [3.63, 3.8) is 0 Å². The number of hydrogen-bond donors (Lipinski definition) is 1. The molecule has 126 valence electrons. The highest BCUT2D eigenvalue weighted by Gasteiger charge is 2.26. The van der Waals surface area contributed by atoms with E-state index in [0.717, 1.165) is 11.3 Å². The van der Waals surface area contributed by atoms with Crippen molar-refractivity contribution in [1.82, 2.24) is 4.90 Å². The summed E-state index contributed by atoms with van der Waals surface area (Å²) in [6, 6.07) is 10.3. The molecule has 2 aromatic rings. The van der Waals surface area contributed by atoms with Crippen LogP contribution in [-0.4, -0.2) is 41.6 Å². The second-order valence-corrected chi connectivity index (χ2v) is 5.72. The minimum atomic E-state index is -0.949. The average Bonchev–Trinajstić information content (AvgIpc) is 3.15. The number of carbonyl (C=O) groups is 2. The summed E-state index contributed by atoms with van der Waals surface area (Å²) in [4.78, 5) is 25.0. The number of carboxylic acid groups (broad SMARTS) is 1. The first-order valence-electron chi connectivity index (χ1n) is 7.88. The Labute approximate surface area is 139 Å². The zero-order chi connectivity index (χ0) is 16.9. The van der Waals surface area contributed by atoms with E-state index >= 15 is 0 Å². The highest BCUT2D eigenvalue weighted by atomic mass is 16.5. The highest BCUT2D eigenvalue weighted by molar-refractivity contribution is 5.87. The summed E-state index contributed by atoms with van der Waals surface area (Å²) in [6.45, 7) is 1.56. The first-order valence-corrected chi connectivity index (χ1v) is 7.88. The molecule has 2 heterocycles. The number of rotatable bonds is 5. The van der Waals surface area contributed by atoms with Gasteiger partial charge in [0.05, 0.1) is 25.0 Å². The van der Waals surface area contributed by atoms with E-state index in [9.17, 15) is 9.59 Å². The fraction of sp³-hybridized carbons (Fsp3) is 0.333. The first kappa shape index (κ1) is 16.3. The Morgan fingerprint density at radius 3 is 2.67 bits per heavy atom. The zero-order valence-corrected chi connectivity index (χ0v) is 13.2. The summed E-state index contributed by atoms with van der Waals surface area (Å²) in [5, 5.41) is 8.89. The topological polar surface area (TPSA) is 80.0 Å². The lowest BCUT2D eigenvalue weighted by Gasteiger charge is -2.32. The predicted octanol–water partition coefficient (Wildman–Crippen LogP) is 2.51. The largest absolute Gasteiger partial charge is 0.478 e. The molecule has 1 fully saturated rings. The molecule has 1 aromatic carbocycles. The lowest BCUT2D eigenvalue weighted by Crippen LogP contribution is -2.42. The fourth-order valence-electron chi connectivity index (χ4n) is 2.75. The Morgan fingerprint density at radius 1 is 1.21 bits per heavy atom. The minimum Gasteiger partial charge on any atom is -0.478 e. The van der Waals surface area contributed by atoms with E-state index in [1.54, 1.807) is 41.5 Å². The second kappa shape index (κ2) is 7.31. The van der Waals surface area contributed by atoms with E-state index in [2.05, 4.69) is 0 Å². The van der Waals surface area contributed by atoms with Crippen LogP contribution in [0.5, 0.6) is 0 Å². The van der Waals surface area contributed by atoms with Crippen molar-refractivity contribution < 1.29 is 23.8 Å². The van der Waals surface area contributed by atoms with E-state index < -0.39 is 5.97 Å². The molecule has 0 radical (unpaired) electrons. The molecule has 6 nitrogen and oxygen atoms in total. The van der Waals surface area contributed by atoms with Crippen LogP contribution in [0.25, 0.3) is 0 Å². The van der Waals surface area contributed by atoms with Gasteiger partial charge in [0.15, 0.2) is 0 Å². The molecule has 6 heteroatoms. The molecule has 1 saturated heterocycles. The third-order valence-corrected chi connectivity index (χ3v) is 4.11. The molecule has 0 spiro atoms. The van der Waals surface area contributed by atoms with Crippen LogP contribution in [0.1, 0.15) is 34.2 Å². The van der Waals surface area contributed by atoms with Gasteiger partial charge in [0.1, 0.15) is 11.9 Å². The number of benzene rings is 1. The first-order chi connectivity index (χ1) is 11.6. The Morgan fingerprint density at radius 2 is 2.00 bits per heavy atom. The quantitative estimate of drug-likeness (QED) is 0.912. The minimum absolute atomic E-state index is 0.0668. The highest BCUT2D eigenvalue weighted by Crippen LogP contribution is 2.23. The summed E-state index contributed by atoms with van der Waals surface area (Å²) < 4.78 is 11.0. The molecule has 1 aromatic heterocycles. The third kappa shape index (κ3) is 3.83. The Hall–Kier alpha value is -2.60. The normalized spacial score (nSPS) is 17.7. The van der Waals surface area contributed by atoms with E-state index in [1.165, 1.54) is 0 Å². The van der Waals surface area contributed by atoms with Crippen LogP contribution < -0.4 is 0 Å². The molecule has 1 aliphatic heterocycles. The monoisotopic (exact) mass is 329 g/mol. The molecule has 0 aliphatic carbocycles. The van der Waals surface area contributed by atoms with Gasteiger partial charge in [-0.25, -0.2) is 4.79 Å². The Bertz CT molecular complexity index is 693. The van der Waals surface area contributed by atoms with E-state index in [1.807, 2.05) is 6.07 Å². The molecule has 0 saturated carbocycles. The van der Waals surface area contributed by atoms with Gasteiger partial charge in [0, 0.05) is 13.0 Å². The van der Waals surface area contributed by atoms with E-state index in [0.29, 0.717) is 32.5 Å². The van der Waals surface area contributed by atoms with Crippen LogP contribution in [-0.2, 0) is 16.0 Å². The van der Waals surface area contributed by atoms with Crippen molar-refractivity contribution in [2.75, 3.05) is 19.7 Å². The van der Waals surface area contributed by atoms with Crippen LogP contribution in [0.3, 0.4) is 0 Å². The van der Waals surface area contributed by atoms with Crippen molar-refractivity contribution in [2.45, 2.75) is 18.9 Å². The molecule has 3 rings (SSSR count). The van der Waals surface area contributed by atoms with Crippen LogP contribution in [0.2, 0.25) is 0 Å². The number of amides is 1. The van der Waals surface area contributed by atoms with Gasteiger partial charge in [-0.05, 0) is 36.2 Å². The van der Waals surface area contributed by atoms with Crippen LogP contribution in [0, 0.1) is 0 Å². The van der Waals surface area contributed by atoms with E-state index in [-0.39, 0.29) is 17.6 Å². The standard InChI is InChI=1S/C18H19NO5/c20-17(8-5-13-3-6-14(7-4-13)18(21)22)19-9-11-24-16(12-19)15-2-1-10-23-15/h1-4,6-7,10,16H,5,8-9,11-12H2,(H,21,22). The van der Waals surface area contributed by atoms with Crippen molar-refractivity contribution >= 4 is 11.9 Å². The summed E-state index contributed by atoms with van der Waals surface area (Å²) in [6.07, 6.45) is 2.35. The van der Waals surface area contributed by atoms with Crippen LogP contribution in [0.4, 0.5) is 0 Å². The number of ether oxygens (including phenoxy) is 1.